The predicted octanol–water partition coefficient (Wildman–Crippen LogP) is 1.86. The van der Waals surface area contributed by atoms with Gasteiger partial charge in [0.2, 0.25) is 0 Å². The maximum atomic E-state index is 11.8. The van der Waals surface area contributed by atoms with Crippen LogP contribution >= 0.6 is 0 Å². The molecule has 122 valence electrons. The zero-order valence-corrected chi connectivity index (χ0v) is 13.2. The Balaban J connectivity index is 1.81. The zero-order chi connectivity index (χ0) is 16.5. The molecule has 1 atom stereocenters. The maximum Gasteiger partial charge on any atom is 0.250 e. The van der Waals surface area contributed by atoms with Crippen LogP contribution in [0.1, 0.15) is 11.1 Å². The van der Waals surface area contributed by atoms with Gasteiger partial charge in [-0.3, -0.25) is 4.79 Å². The molecule has 2 rings (SSSR count). The van der Waals surface area contributed by atoms with Crippen molar-refractivity contribution in [2.45, 2.75) is 19.3 Å². The van der Waals surface area contributed by atoms with Crippen molar-refractivity contribution in [3.8, 4) is 5.75 Å². The van der Waals surface area contributed by atoms with Crippen LogP contribution in [0.15, 0.2) is 54.6 Å². The molecule has 0 radical (unpaired) electrons. The van der Waals surface area contributed by atoms with Gasteiger partial charge >= 0.3 is 0 Å². The van der Waals surface area contributed by atoms with Crippen molar-refractivity contribution < 1.29 is 14.3 Å². The van der Waals surface area contributed by atoms with Crippen molar-refractivity contribution in [2.24, 2.45) is 5.73 Å². The Morgan fingerprint density at radius 3 is 2.39 bits per heavy atom. The van der Waals surface area contributed by atoms with Crippen molar-refractivity contribution in [1.29, 1.82) is 0 Å². The first kappa shape index (κ1) is 17.0. The van der Waals surface area contributed by atoms with E-state index >= 15 is 0 Å². The molecule has 0 heterocycles. The summed E-state index contributed by atoms with van der Waals surface area (Å²) in [5, 5.41) is 2.79. The number of carbonyl (C=O) groups is 1. The highest BCUT2D eigenvalue weighted by Gasteiger charge is 2.14. The number of nitrogens with one attached hydrogen (secondary N) is 1. The van der Waals surface area contributed by atoms with E-state index in [0.29, 0.717) is 13.2 Å². The highest BCUT2D eigenvalue weighted by molar-refractivity contribution is 5.80. The van der Waals surface area contributed by atoms with Crippen molar-refractivity contribution in [1.82, 2.24) is 5.32 Å². The summed E-state index contributed by atoms with van der Waals surface area (Å²) in [5.74, 6) is 0.583. The molecule has 0 saturated heterocycles. The van der Waals surface area contributed by atoms with E-state index in [1.54, 1.807) is 0 Å². The molecule has 0 spiro atoms. The van der Waals surface area contributed by atoms with Crippen molar-refractivity contribution >= 4 is 5.91 Å². The highest BCUT2D eigenvalue weighted by atomic mass is 16.5. The summed E-state index contributed by atoms with van der Waals surface area (Å²) < 4.78 is 10.7. The van der Waals surface area contributed by atoms with E-state index in [4.69, 9.17) is 15.2 Å². The number of ether oxygens (including phenoxy) is 2. The van der Waals surface area contributed by atoms with E-state index in [0.717, 1.165) is 16.9 Å². The summed E-state index contributed by atoms with van der Waals surface area (Å²) in [7, 11) is 1.47. The first-order valence-electron chi connectivity index (χ1n) is 7.49. The van der Waals surface area contributed by atoms with Gasteiger partial charge in [-0.1, -0.05) is 42.5 Å². The van der Waals surface area contributed by atoms with Gasteiger partial charge in [-0.2, -0.15) is 0 Å². The average molecular weight is 314 g/mol. The standard InChI is InChI=1S/C18H22N2O3/c1-22-17(11-19)18(21)20-12-14-7-9-16(10-8-14)23-13-15-5-3-2-4-6-15/h2-10,17H,11-13,19H2,1H3,(H,20,21). The number of amides is 1. The molecule has 0 aliphatic heterocycles. The third-order valence-corrected chi connectivity index (χ3v) is 3.43. The Bertz CT molecular complexity index is 595. The third-order valence-electron chi connectivity index (χ3n) is 3.43. The lowest BCUT2D eigenvalue weighted by Crippen LogP contribution is -2.40. The Morgan fingerprint density at radius 1 is 1.09 bits per heavy atom. The van der Waals surface area contributed by atoms with Crippen LogP contribution in [0.4, 0.5) is 0 Å². The minimum Gasteiger partial charge on any atom is -0.489 e. The molecule has 0 saturated carbocycles. The van der Waals surface area contributed by atoms with E-state index in [-0.39, 0.29) is 12.5 Å². The SMILES string of the molecule is COC(CN)C(=O)NCc1ccc(OCc2ccccc2)cc1. The molecular weight excluding hydrogens is 292 g/mol. The summed E-state index contributed by atoms with van der Waals surface area (Å²) in [4.78, 5) is 11.8. The molecule has 2 aromatic rings. The van der Waals surface area contributed by atoms with Crippen LogP contribution in [-0.4, -0.2) is 25.7 Å². The second kappa shape index (κ2) is 8.92. The van der Waals surface area contributed by atoms with Gasteiger partial charge in [0.25, 0.3) is 5.91 Å². The summed E-state index contributed by atoms with van der Waals surface area (Å²) in [6.45, 7) is 1.12. The first-order chi connectivity index (χ1) is 11.2. The summed E-state index contributed by atoms with van der Waals surface area (Å²) in [6.07, 6.45) is -0.608. The van der Waals surface area contributed by atoms with E-state index in [9.17, 15) is 4.79 Å². The first-order valence-corrected chi connectivity index (χ1v) is 7.49. The molecule has 3 N–H and O–H groups in total. The quantitative estimate of drug-likeness (QED) is 0.780. The normalized spacial score (nSPS) is 11.7. The Morgan fingerprint density at radius 2 is 1.78 bits per heavy atom. The number of nitrogens with two attached hydrogens (primary N) is 1. The molecule has 1 unspecified atom stereocenters. The highest BCUT2D eigenvalue weighted by Crippen LogP contribution is 2.14. The minimum absolute atomic E-state index is 0.161. The van der Waals surface area contributed by atoms with Gasteiger partial charge in [0.1, 0.15) is 18.5 Å². The van der Waals surface area contributed by atoms with Crippen LogP contribution in [-0.2, 0) is 22.7 Å². The Hall–Kier alpha value is -2.37. The van der Waals surface area contributed by atoms with Gasteiger partial charge in [-0.25, -0.2) is 0 Å². The van der Waals surface area contributed by atoms with Gasteiger partial charge in [0.15, 0.2) is 0 Å². The van der Waals surface area contributed by atoms with Gasteiger partial charge < -0.3 is 20.5 Å². The molecule has 1 amide bonds. The van der Waals surface area contributed by atoms with Crippen LogP contribution in [0.5, 0.6) is 5.75 Å². The number of rotatable bonds is 8. The van der Waals surface area contributed by atoms with Gasteiger partial charge in [0.05, 0.1) is 0 Å². The summed E-state index contributed by atoms with van der Waals surface area (Å²) >= 11 is 0. The van der Waals surface area contributed by atoms with Crippen molar-refractivity contribution in [3.63, 3.8) is 0 Å². The van der Waals surface area contributed by atoms with E-state index in [2.05, 4.69) is 5.32 Å². The molecular formula is C18H22N2O3. The van der Waals surface area contributed by atoms with E-state index in [1.807, 2.05) is 54.6 Å². The van der Waals surface area contributed by atoms with E-state index < -0.39 is 6.10 Å². The van der Waals surface area contributed by atoms with Crippen LogP contribution in [0.3, 0.4) is 0 Å². The monoisotopic (exact) mass is 314 g/mol. The largest absolute Gasteiger partial charge is 0.489 e. The Labute approximate surface area is 136 Å². The number of methoxy groups -OCH3 is 1. The number of hydrogen-bond acceptors (Lipinski definition) is 4. The van der Waals surface area contributed by atoms with E-state index in [1.165, 1.54) is 7.11 Å². The summed E-state index contributed by atoms with van der Waals surface area (Å²) in [6, 6.07) is 17.6. The number of benzene rings is 2. The van der Waals surface area contributed by atoms with Gasteiger partial charge in [-0.15, -0.1) is 0 Å². The second-order valence-corrected chi connectivity index (χ2v) is 5.10. The fraction of sp³-hybridized carbons (Fsp3) is 0.278. The zero-order valence-electron chi connectivity index (χ0n) is 13.2. The number of hydrogen-bond donors (Lipinski definition) is 2. The van der Waals surface area contributed by atoms with Gasteiger partial charge in [-0.05, 0) is 23.3 Å². The van der Waals surface area contributed by atoms with Crippen molar-refractivity contribution in [3.05, 3.63) is 65.7 Å². The van der Waals surface area contributed by atoms with Crippen LogP contribution < -0.4 is 15.8 Å². The second-order valence-electron chi connectivity index (χ2n) is 5.10. The molecule has 5 heteroatoms. The molecule has 5 nitrogen and oxygen atoms in total. The fourth-order valence-electron chi connectivity index (χ4n) is 2.06. The maximum absolute atomic E-state index is 11.8. The molecule has 0 aliphatic carbocycles. The van der Waals surface area contributed by atoms with Crippen LogP contribution in [0.2, 0.25) is 0 Å². The summed E-state index contributed by atoms with van der Waals surface area (Å²) in [5.41, 5.74) is 7.56. The molecule has 0 aromatic heterocycles. The Kier molecular flexibility index (Phi) is 6.59. The fourth-order valence-corrected chi connectivity index (χ4v) is 2.06. The van der Waals surface area contributed by atoms with Crippen LogP contribution in [0.25, 0.3) is 0 Å². The lowest BCUT2D eigenvalue weighted by atomic mass is 10.2. The lowest BCUT2D eigenvalue weighted by Gasteiger charge is -2.13. The average Bonchev–Trinajstić information content (AvgIpc) is 2.61. The molecule has 0 bridgehead atoms. The topological polar surface area (TPSA) is 73.6 Å². The smallest absolute Gasteiger partial charge is 0.250 e. The molecule has 0 aliphatic rings. The molecule has 23 heavy (non-hydrogen) atoms. The number of carbonyl (C=O) groups excluding carboxylic acids is 1. The third kappa shape index (κ3) is 5.39. The lowest BCUT2D eigenvalue weighted by molar-refractivity contribution is -0.130. The minimum atomic E-state index is -0.608. The molecule has 2 aromatic carbocycles. The van der Waals surface area contributed by atoms with Gasteiger partial charge in [0, 0.05) is 20.2 Å². The molecule has 0 fully saturated rings. The predicted molar refractivity (Wildman–Crippen MR) is 88.9 cm³/mol. The van der Waals surface area contributed by atoms with Crippen LogP contribution in [0, 0.1) is 0 Å². The van der Waals surface area contributed by atoms with Crippen molar-refractivity contribution in [2.75, 3.05) is 13.7 Å².